The maximum atomic E-state index is 9.86. The molecule has 108 valence electrons. The van der Waals surface area contributed by atoms with E-state index in [-0.39, 0.29) is 0 Å². The minimum Gasteiger partial charge on any atom is -0.449 e. The molecule has 0 rings (SSSR count). The summed E-state index contributed by atoms with van der Waals surface area (Å²) < 4.78 is 6.47. The first kappa shape index (κ1) is 18.1. The summed E-state index contributed by atoms with van der Waals surface area (Å²) in [4.78, 5) is 53.9. The van der Waals surface area contributed by atoms with Crippen LogP contribution in [0.4, 0.5) is 24.0 Å². The fourth-order valence-corrected chi connectivity index (χ4v) is 0.239. The molecule has 0 aliphatic heterocycles. The van der Waals surface area contributed by atoms with E-state index in [1.807, 2.05) is 0 Å². The van der Waals surface area contributed by atoms with Crippen LogP contribution in [0.5, 0.6) is 0 Å². The first-order valence-electron chi connectivity index (χ1n) is 3.47. The predicted molar refractivity (Wildman–Crippen MR) is 42.9 cm³/mol. The Morgan fingerprint density at radius 3 is 1.11 bits per heavy atom. The zero-order valence-electron chi connectivity index (χ0n) is 8.37. The molecule has 0 amide bonds. The molecule has 0 spiro atoms. The first-order chi connectivity index (χ1) is 8.65. The van der Waals surface area contributed by atoms with Gasteiger partial charge in [-0.1, -0.05) is 0 Å². The topological polar surface area (TPSA) is 212 Å². The molecular formula is C5H4O14. The molecule has 14 heteroatoms. The summed E-state index contributed by atoms with van der Waals surface area (Å²) >= 11 is 0. The van der Waals surface area contributed by atoms with E-state index in [1.165, 1.54) is 0 Å². The number of rotatable bonds is 2. The van der Waals surface area contributed by atoms with Gasteiger partial charge in [-0.2, -0.15) is 0 Å². The summed E-state index contributed by atoms with van der Waals surface area (Å²) in [7, 11) is 0. The lowest BCUT2D eigenvalue weighted by atomic mass is 11.2. The second-order valence-corrected chi connectivity index (χ2v) is 1.75. The van der Waals surface area contributed by atoms with E-state index in [9.17, 15) is 24.0 Å². The Kier molecular flexibility index (Phi) is 9.43. The molecule has 4 N–H and O–H groups in total. The first-order valence-corrected chi connectivity index (χ1v) is 3.47. The maximum Gasteiger partial charge on any atom is 0.540 e. The van der Waals surface area contributed by atoms with Crippen LogP contribution in [0.25, 0.3) is 0 Å². The molecule has 0 bridgehead atoms. The number of carboxylic acid groups (broad SMARTS) is 4. The summed E-state index contributed by atoms with van der Waals surface area (Å²) in [5.74, 6) is 0. The number of hydrogen-bond acceptors (Lipinski definition) is 10. The van der Waals surface area contributed by atoms with Gasteiger partial charge in [0.1, 0.15) is 0 Å². The number of carbonyl (C=O) groups excluding carboxylic acids is 1. The summed E-state index contributed by atoms with van der Waals surface area (Å²) in [5.41, 5.74) is 0. The van der Waals surface area contributed by atoms with Crippen molar-refractivity contribution in [3.63, 3.8) is 0 Å². The molecule has 0 aromatic carbocycles. The molecule has 0 fully saturated rings. The average Bonchev–Trinajstić information content (AvgIpc) is 2.13. The Balaban J connectivity index is 0. The highest BCUT2D eigenvalue weighted by Crippen LogP contribution is 1.85. The van der Waals surface area contributed by atoms with Gasteiger partial charge in [0.05, 0.1) is 5.04 Å². The Morgan fingerprint density at radius 1 is 0.579 bits per heavy atom. The second-order valence-electron chi connectivity index (χ2n) is 1.75. The lowest BCUT2D eigenvalue weighted by Crippen LogP contribution is -2.14. The summed E-state index contributed by atoms with van der Waals surface area (Å²) in [6.07, 6.45) is -9.23. The lowest BCUT2D eigenvalue weighted by Gasteiger charge is -1.93. The van der Waals surface area contributed by atoms with Crippen LogP contribution in [0.2, 0.25) is 0 Å². The third-order valence-electron chi connectivity index (χ3n) is 0.552. The maximum absolute atomic E-state index is 9.86. The van der Waals surface area contributed by atoms with Crippen LogP contribution in [-0.4, -0.2) is 51.2 Å². The number of ether oxygens (including phenoxy) is 2. The van der Waals surface area contributed by atoms with E-state index < -0.39 is 30.8 Å². The van der Waals surface area contributed by atoms with Crippen LogP contribution in [0, 0.1) is 0 Å². The predicted octanol–water partition coefficient (Wildman–Crippen LogP) is 0.718. The molecule has 0 atom stereocenters. The molecule has 0 aliphatic carbocycles. The largest absolute Gasteiger partial charge is 0.540 e. The molecule has 0 aliphatic rings. The molecule has 0 radical (unpaired) electrons. The van der Waals surface area contributed by atoms with E-state index >= 15 is 0 Å². The highest BCUT2D eigenvalue weighted by Gasteiger charge is 2.13. The highest BCUT2D eigenvalue weighted by atomic mass is 17.5. The van der Waals surface area contributed by atoms with Crippen molar-refractivity contribution in [3.8, 4) is 0 Å². The molecule has 0 heterocycles. The van der Waals surface area contributed by atoms with Crippen molar-refractivity contribution in [1.29, 1.82) is 0 Å². The molecule has 0 aromatic heterocycles. The SMILES string of the molecule is O=C(O)OC(=O)OC(=O)O.O=C(O)OOOC(=O)O. The Bertz CT molecular complexity index is 323. The Morgan fingerprint density at radius 2 is 0.895 bits per heavy atom. The van der Waals surface area contributed by atoms with Gasteiger partial charge in [0.2, 0.25) is 0 Å². The molecule has 19 heavy (non-hydrogen) atoms. The van der Waals surface area contributed by atoms with Gasteiger partial charge in [0.15, 0.2) is 0 Å². The van der Waals surface area contributed by atoms with E-state index in [1.54, 1.807) is 0 Å². The van der Waals surface area contributed by atoms with Gasteiger partial charge in [-0.3, -0.25) is 0 Å². The highest BCUT2D eigenvalue weighted by molar-refractivity contribution is 5.82. The molecule has 0 unspecified atom stereocenters. The zero-order valence-corrected chi connectivity index (χ0v) is 8.37. The van der Waals surface area contributed by atoms with Crippen molar-refractivity contribution in [3.05, 3.63) is 0 Å². The summed E-state index contributed by atoms with van der Waals surface area (Å²) in [6, 6.07) is 0. The van der Waals surface area contributed by atoms with Gasteiger partial charge in [0.25, 0.3) is 0 Å². The monoisotopic (exact) mass is 288 g/mol. The smallest absolute Gasteiger partial charge is 0.449 e. The van der Waals surface area contributed by atoms with E-state index in [4.69, 9.17) is 20.4 Å². The van der Waals surface area contributed by atoms with Gasteiger partial charge in [0, 0.05) is 0 Å². The van der Waals surface area contributed by atoms with Gasteiger partial charge in [-0.15, -0.1) is 0 Å². The quantitative estimate of drug-likeness (QED) is 0.238. The van der Waals surface area contributed by atoms with Crippen LogP contribution in [0.1, 0.15) is 0 Å². The van der Waals surface area contributed by atoms with E-state index in [0.29, 0.717) is 0 Å². The van der Waals surface area contributed by atoms with E-state index in [0.717, 1.165) is 0 Å². The van der Waals surface area contributed by atoms with Crippen LogP contribution < -0.4 is 0 Å². The van der Waals surface area contributed by atoms with Crippen LogP contribution >= 0.6 is 0 Å². The van der Waals surface area contributed by atoms with Gasteiger partial charge >= 0.3 is 30.8 Å². The summed E-state index contributed by atoms with van der Waals surface area (Å²) in [5, 5.41) is 33.7. The molecule has 0 saturated carbocycles. The lowest BCUT2D eigenvalue weighted by molar-refractivity contribution is -0.456. The van der Waals surface area contributed by atoms with Gasteiger partial charge in [-0.05, 0) is 0 Å². The molecule has 14 nitrogen and oxygen atoms in total. The van der Waals surface area contributed by atoms with Crippen molar-refractivity contribution in [2.75, 3.05) is 0 Å². The van der Waals surface area contributed by atoms with Crippen molar-refractivity contribution in [2.45, 2.75) is 0 Å². The number of carbonyl (C=O) groups is 5. The van der Waals surface area contributed by atoms with Crippen molar-refractivity contribution >= 4 is 30.8 Å². The molecular weight excluding hydrogens is 284 g/mol. The van der Waals surface area contributed by atoms with Crippen LogP contribution in [0.15, 0.2) is 0 Å². The van der Waals surface area contributed by atoms with Crippen molar-refractivity contribution < 1.29 is 68.7 Å². The van der Waals surface area contributed by atoms with Gasteiger partial charge < -0.3 is 29.9 Å². The fraction of sp³-hybridized carbons (Fsp3) is 0. The van der Waals surface area contributed by atoms with E-state index in [2.05, 4.69) is 24.3 Å². The fourth-order valence-electron chi connectivity index (χ4n) is 0.239. The number of hydrogen-bond donors (Lipinski definition) is 4. The Hall–Kier alpha value is -3.29. The Labute approximate surface area is 101 Å². The minimum atomic E-state index is -1.92. The average molecular weight is 288 g/mol. The molecule has 0 saturated heterocycles. The summed E-state index contributed by atoms with van der Waals surface area (Å²) in [6.45, 7) is 0. The van der Waals surface area contributed by atoms with Crippen LogP contribution in [-0.2, 0) is 24.3 Å². The normalized spacial score (nSPS) is 8.00. The third-order valence-corrected chi connectivity index (χ3v) is 0.552. The third kappa shape index (κ3) is 20.7. The van der Waals surface area contributed by atoms with Crippen LogP contribution in [0.3, 0.4) is 0 Å². The standard InChI is InChI=1S/C3H2O7.C2H2O7/c4-1(5)9-3(8)10-2(6)7;3-1(4)7-9-8-2(5)6/h(H,4,5)(H,6,7);(H,3,4)(H,5,6). The second kappa shape index (κ2) is 9.90. The minimum absolute atomic E-state index is 1.79. The van der Waals surface area contributed by atoms with Crippen molar-refractivity contribution in [1.82, 2.24) is 0 Å². The van der Waals surface area contributed by atoms with Gasteiger partial charge in [-0.25, -0.2) is 33.7 Å². The molecule has 0 aromatic rings. The zero-order chi connectivity index (χ0) is 15.4. The van der Waals surface area contributed by atoms with Crippen molar-refractivity contribution in [2.24, 2.45) is 0 Å².